The van der Waals surface area contributed by atoms with Crippen molar-refractivity contribution in [3.05, 3.63) is 58.4 Å². The van der Waals surface area contributed by atoms with Crippen LogP contribution in [0.15, 0.2) is 40.8 Å². The summed E-state index contributed by atoms with van der Waals surface area (Å²) in [6.45, 7) is 1.67. The average molecular weight is 369 g/mol. The fourth-order valence-corrected chi connectivity index (χ4v) is 2.50. The van der Waals surface area contributed by atoms with Gasteiger partial charge >= 0.3 is 12.1 Å². The molecule has 0 unspecified atom stereocenters. The van der Waals surface area contributed by atoms with Crippen molar-refractivity contribution >= 4 is 34.3 Å². The highest BCUT2D eigenvalue weighted by Crippen LogP contribution is 2.27. The molecule has 25 heavy (non-hydrogen) atoms. The second-order valence-electron chi connectivity index (χ2n) is 5.50. The number of aromatic nitrogens is 1. The number of nitrogens with one attached hydrogen (secondary N) is 1. The zero-order valence-corrected chi connectivity index (χ0v) is 13.7. The fraction of sp³-hybridized carbons (Fsp3) is 0.176. The van der Waals surface area contributed by atoms with E-state index in [9.17, 15) is 18.0 Å². The van der Waals surface area contributed by atoms with Crippen molar-refractivity contribution < 1.29 is 22.4 Å². The van der Waals surface area contributed by atoms with E-state index in [4.69, 9.17) is 16.0 Å². The molecule has 8 heteroatoms. The Kier molecular flexibility index (Phi) is 4.43. The van der Waals surface area contributed by atoms with Crippen molar-refractivity contribution in [1.29, 1.82) is 0 Å². The van der Waals surface area contributed by atoms with E-state index >= 15 is 0 Å². The number of alkyl halides is 3. The first kappa shape index (κ1) is 17.3. The normalized spacial score (nSPS) is 11.7. The van der Waals surface area contributed by atoms with Crippen molar-refractivity contribution in [1.82, 2.24) is 4.98 Å². The average Bonchev–Trinajstić information content (AvgIpc) is 2.92. The van der Waals surface area contributed by atoms with Gasteiger partial charge in [0.1, 0.15) is 5.52 Å². The van der Waals surface area contributed by atoms with Crippen LogP contribution in [0.25, 0.3) is 11.1 Å². The largest absolute Gasteiger partial charge is 0.471 e. The van der Waals surface area contributed by atoms with Crippen LogP contribution >= 0.6 is 11.6 Å². The molecule has 0 saturated carbocycles. The summed E-state index contributed by atoms with van der Waals surface area (Å²) in [5.41, 5.74) is 2.36. The Balaban J connectivity index is 1.88. The predicted molar refractivity (Wildman–Crippen MR) is 87.7 cm³/mol. The maximum atomic E-state index is 12.4. The molecule has 130 valence electrons. The van der Waals surface area contributed by atoms with Gasteiger partial charge in [0.25, 0.3) is 0 Å². The first-order valence-corrected chi connectivity index (χ1v) is 7.63. The zero-order chi connectivity index (χ0) is 18.2. The maximum Gasteiger partial charge on any atom is 0.471 e. The molecule has 0 fully saturated rings. The number of carbonyl (C=O) groups is 1. The van der Waals surface area contributed by atoms with Gasteiger partial charge < -0.3 is 9.73 Å². The third-order valence-corrected chi connectivity index (χ3v) is 3.76. The molecule has 0 aliphatic heterocycles. The second kappa shape index (κ2) is 6.40. The Morgan fingerprint density at radius 2 is 1.92 bits per heavy atom. The van der Waals surface area contributed by atoms with Gasteiger partial charge in [-0.25, -0.2) is 4.98 Å². The van der Waals surface area contributed by atoms with E-state index in [-0.39, 0.29) is 5.69 Å². The van der Waals surface area contributed by atoms with E-state index in [1.165, 1.54) is 12.1 Å². The number of halogens is 4. The number of fused-ring (bicyclic) bond motifs is 1. The van der Waals surface area contributed by atoms with Crippen LogP contribution in [-0.4, -0.2) is 17.1 Å². The Morgan fingerprint density at radius 3 is 2.56 bits per heavy atom. The molecule has 0 aliphatic carbocycles. The van der Waals surface area contributed by atoms with Crippen LogP contribution in [0, 0.1) is 6.92 Å². The number of benzene rings is 2. The number of anilines is 1. The van der Waals surface area contributed by atoms with E-state index in [0.29, 0.717) is 34.0 Å². The van der Waals surface area contributed by atoms with Gasteiger partial charge in [-0.3, -0.25) is 4.79 Å². The molecule has 1 aromatic heterocycles. The second-order valence-corrected chi connectivity index (χ2v) is 5.94. The lowest BCUT2D eigenvalue weighted by Crippen LogP contribution is -2.29. The van der Waals surface area contributed by atoms with Crippen LogP contribution in [0.4, 0.5) is 18.9 Å². The lowest BCUT2D eigenvalue weighted by atomic mass is 10.1. The summed E-state index contributed by atoms with van der Waals surface area (Å²) in [6, 6.07) is 9.91. The summed E-state index contributed by atoms with van der Waals surface area (Å²) < 4.78 is 42.8. The molecule has 0 aliphatic rings. The summed E-state index contributed by atoms with van der Waals surface area (Å²) in [4.78, 5) is 15.4. The van der Waals surface area contributed by atoms with Gasteiger partial charge in [0.05, 0.1) is 0 Å². The highest BCUT2D eigenvalue weighted by atomic mass is 35.5. The van der Waals surface area contributed by atoms with Crippen LogP contribution in [-0.2, 0) is 11.2 Å². The van der Waals surface area contributed by atoms with Gasteiger partial charge in [-0.15, -0.1) is 0 Å². The van der Waals surface area contributed by atoms with Gasteiger partial charge in [-0.2, -0.15) is 13.2 Å². The minimum atomic E-state index is -4.95. The number of nitrogens with zero attached hydrogens (tertiary/aromatic N) is 1. The maximum absolute atomic E-state index is 12.4. The third-order valence-electron chi connectivity index (χ3n) is 3.50. The van der Waals surface area contributed by atoms with Gasteiger partial charge in [0.2, 0.25) is 0 Å². The number of hydrogen-bond acceptors (Lipinski definition) is 3. The Morgan fingerprint density at radius 1 is 1.24 bits per heavy atom. The summed E-state index contributed by atoms with van der Waals surface area (Å²) in [7, 11) is 0. The van der Waals surface area contributed by atoms with E-state index in [1.54, 1.807) is 19.1 Å². The number of carbonyl (C=O) groups excluding carboxylic acids is 1. The van der Waals surface area contributed by atoms with Gasteiger partial charge in [-0.05, 0) is 42.3 Å². The van der Waals surface area contributed by atoms with Crippen molar-refractivity contribution in [3.63, 3.8) is 0 Å². The van der Waals surface area contributed by atoms with Crippen LogP contribution < -0.4 is 5.32 Å². The van der Waals surface area contributed by atoms with Crippen molar-refractivity contribution in [3.8, 4) is 0 Å². The summed E-state index contributed by atoms with van der Waals surface area (Å²) in [6.07, 6.45) is -4.54. The van der Waals surface area contributed by atoms with Crippen LogP contribution in [0.2, 0.25) is 5.02 Å². The highest BCUT2D eigenvalue weighted by Gasteiger charge is 2.38. The molecule has 0 saturated heterocycles. The molecule has 3 rings (SSSR count). The smallest absolute Gasteiger partial charge is 0.440 e. The summed E-state index contributed by atoms with van der Waals surface area (Å²) in [5.74, 6) is -1.61. The number of hydrogen-bond donors (Lipinski definition) is 1. The van der Waals surface area contributed by atoms with Crippen molar-refractivity contribution in [2.45, 2.75) is 19.5 Å². The number of aryl methyl sites for hydroxylation is 1. The van der Waals surface area contributed by atoms with Crippen LogP contribution in [0.5, 0.6) is 0 Å². The molecule has 1 amide bonds. The Hall–Kier alpha value is -2.54. The molecule has 3 aromatic rings. The van der Waals surface area contributed by atoms with E-state index in [2.05, 4.69) is 4.98 Å². The monoisotopic (exact) mass is 368 g/mol. The fourth-order valence-electron chi connectivity index (χ4n) is 2.37. The first-order valence-electron chi connectivity index (χ1n) is 7.25. The number of rotatable bonds is 3. The third kappa shape index (κ3) is 3.93. The van der Waals surface area contributed by atoms with E-state index < -0.39 is 12.1 Å². The van der Waals surface area contributed by atoms with Gasteiger partial charge in [-0.1, -0.05) is 23.7 Å². The summed E-state index contributed by atoms with van der Waals surface area (Å²) in [5, 5.41) is 2.43. The van der Waals surface area contributed by atoms with Gasteiger partial charge in [0, 0.05) is 17.1 Å². The lowest BCUT2D eigenvalue weighted by molar-refractivity contribution is -0.167. The first-order chi connectivity index (χ1) is 11.7. The van der Waals surface area contributed by atoms with Crippen LogP contribution in [0.3, 0.4) is 0 Å². The molecule has 1 N–H and O–H groups in total. The van der Waals surface area contributed by atoms with Crippen molar-refractivity contribution in [2.24, 2.45) is 0 Å². The van der Waals surface area contributed by atoms with E-state index in [1.807, 2.05) is 17.4 Å². The predicted octanol–water partition coefficient (Wildman–Crippen LogP) is 4.88. The molecular weight excluding hydrogens is 357 g/mol. The number of oxazole rings is 1. The highest BCUT2D eigenvalue weighted by molar-refractivity contribution is 6.30. The molecule has 0 atom stereocenters. The van der Waals surface area contributed by atoms with Gasteiger partial charge in [0.15, 0.2) is 11.5 Å². The van der Waals surface area contributed by atoms with E-state index in [0.717, 1.165) is 5.56 Å². The lowest BCUT2D eigenvalue weighted by Gasteiger charge is -2.08. The minimum Gasteiger partial charge on any atom is -0.440 e. The zero-order valence-electron chi connectivity index (χ0n) is 12.9. The Bertz CT molecular complexity index is 933. The summed E-state index contributed by atoms with van der Waals surface area (Å²) >= 11 is 5.84. The molecule has 4 nitrogen and oxygen atoms in total. The standard InChI is InChI=1S/C17H12ClF3N2O2/c1-9-6-12(22-16(24)17(19,20)21)8-13-15(9)25-14(23-13)7-10-2-4-11(18)5-3-10/h2-6,8H,7H2,1H3,(H,22,24). The topological polar surface area (TPSA) is 55.1 Å². The number of amides is 1. The van der Waals surface area contributed by atoms with Crippen molar-refractivity contribution in [2.75, 3.05) is 5.32 Å². The quantitative estimate of drug-likeness (QED) is 0.716. The molecule has 0 bridgehead atoms. The SMILES string of the molecule is Cc1cc(NC(=O)C(F)(F)F)cc2nc(Cc3ccc(Cl)cc3)oc12. The Labute approximate surface area is 145 Å². The molecule has 2 aromatic carbocycles. The van der Waals surface area contributed by atoms with Crippen LogP contribution in [0.1, 0.15) is 17.0 Å². The molecule has 0 radical (unpaired) electrons. The molecular formula is C17H12ClF3N2O2. The minimum absolute atomic E-state index is 0.0127. The molecule has 0 spiro atoms. The molecule has 1 heterocycles.